The summed E-state index contributed by atoms with van der Waals surface area (Å²) in [6, 6.07) is 11.3. The van der Waals surface area contributed by atoms with Crippen LogP contribution in [0.25, 0.3) is 22.4 Å². The third-order valence-corrected chi connectivity index (χ3v) is 4.69. The van der Waals surface area contributed by atoms with Gasteiger partial charge in [-0.25, -0.2) is 4.98 Å². The van der Waals surface area contributed by atoms with E-state index in [9.17, 15) is 22.8 Å². The van der Waals surface area contributed by atoms with Crippen LogP contribution in [0, 0.1) is 0 Å². The Kier molecular flexibility index (Phi) is 6.26. The second-order valence-corrected chi connectivity index (χ2v) is 7.26. The highest BCUT2D eigenvalue weighted by Gasteiger charge is 2.33. The molecule has 0 aliphatic heterocycles. The molecule has 31 heavy (non-hydrogen) atoms. The van der Waals surface area contributed by atoms with Crippen molar-refractivity contribution in [2.24, 2.45) is 5.73 Å². The molecule has 0 unspecified atom stereocenters. The van der Waals surface area contributed by atoms with Crippen LogP contribution < -0.4 is 11.3 Å². The Bertz CT molecular complexity index is 1170. The third kappa shape index (κ3) is 5.00. The maximum atomic E-state index is 13.4. The number of hydrogen-bond donors (Lipinski definition) is 1. The van der Waals surface area contributed by atoms with Gasteiger partial charge in [-0.3, -0.25) is 9.59 Å². The predicted octanol–water partition coefficient (Wildman–Crippen LogP) is 3.26. The van der Waals surface area contributed by atoms with Crippen LogP contribution in [0.15, 0.2) is 59.5 Å². The van der Waals surface area contributed by atoms with Gasteiger partial charge in [-0.1, -0.05) is 36.4 Å². The lowest BCUT2D eigenvalue weighted by molar-refractivity contribution is -0.137. The molecule has 1 heterocycles. The van der Waals surface area contributed by atoms with Crippen LogP contribution in [0.2, 0.25) is 0 Å². The molecule has 3 rings (SSSR count). The van der Waals surface area contributed by atoms with Crippen molar-refractivity contribution in [3.63, 3.8) is 0 Å². The average Bonchev–Trinajstić information content (AvgIpc) is 2.72. The SMILES string of the molecule is CN(C)CCn1cc(C(N)=O)nc(-c2cccc(-c3ccccc3C(F)(F)F)c2)c1=O. The number of primary amides is 1. The van der Waals surface area contributed by atoms with E-state index in [1.54, 1.807) is 12.1 Å². The van der Waals surface area contributed by atoms with E-state index < -0.39 is 23.2 Å². The average molecular weight is 430 g/mol. The van der Waals surface area contributed by atoms with Crippen molar-refractivity contribution in [3.8, 4) is 22.4 Å². The maximum absolute atomic E-state index is 13.4. The van der Waals surface area contributed by atoms with Gasteiger partial charge in [-0.2, -0.15) is 13.2 Å². The van der Waals surface area contributed by atoms with E-state index in [2.05, 4.69) is 4.98 Å². The third-order valence-electron chi connectivity index (χ3n) is 4.69. The Morgan fingerprint density at radius 1 is 1.10 bits per heavy atom. The van der Waals surface area contributed by atoms with Crippen LogP contribution in [0.5, 0.6) is 0 Å². The van der Waals surface area contributed by atoms with E-state index in [0.717, 1.165) is 6.07 Å². The number of nitrogens with zero attached hydrogens (tertiary/aromatic N) is 3. The Morgan fingerprint density at radius 2 is 1.77 bits per heavy atom. The molecule has 0 atom stereocenters. The highest BCUT2D eigenvalue weighted by atomic mass is 19.4. The van der Waals surface area contributed by atoms with Crippen LogP contribution in [0.1, 0.15) is 16.1 Å². The number of hydrogen-bond acceptors (Lipinski definition) is 4. The number of nitrogens with two attached hydrogens (primary N) is 1. The summed E-state index contributed by atoms with van der Waals surface area (Å²) in [6.07, 6.45) is -3.24. The van der Waals surface area contributed by atoms with Gasteiger partial charge in [0.1, 0.15) is 11.4 Å². The number of benzene rings is 2. The van der Waals surface area contributed by atoms with Gasteiger partial charge in [-0.05, 0) is 37.4 Å². The van der Waals surface area contributed by atoms with Crippen molar-refractivity contribution in [2.45, 2.75) is 12.7 Å². The number of halogens is 3. The lowest BCUT2D eigenvalue weighted by atomic mass is 9.97. The van der Waals surface area contributed by atoms with Gasteiger partial charge in [-0.15, -0.1) is 0 Å². The molecule has 3 aromatic rings. The van der Waals surface area contributed by atoms with Crippen molar-refractivity contribution in [2.75, 3.05) is 20.6 Å². The summed E-state index contributed by atoms with van der Waals surface area (Å²) in [5.74, 6) is -0.807. The highest BCUT2D eigenvalue weighted by Crippen LogP contribution is 2.37. The minimum Gasteiger partial charge on any atom is -0.364 e. The highest BCUT2D eigenvalue weighted by molar-refractivity contribution is 5.91. The first-order valence-corrected chi connectivity index (χ1v) is 9.41. The van der Waals surface area contributed by atoms with Crippen LogP contribution in [0.3, 0.4) is 0 Å². The van der Waals surface area contributed by atoms with Gasteiger partial charge in [0.05, 0.1) is 5.56 Å². The first-order chi connectivity index (χ1) is 14.6. The molecule has 2 N–H and O–H groups in total. The molecule has 1 aromatic heterocycles. The van der Waals surface area contributed by atoms with Gasteiger partial charge < -0.3 is 15.2 Å². The number of aromatic nitrogens is 2. The number of alkyl halides is 3. The van der Waals surface area contributed by atoms with Crippen molar-refractivity contribution in [1.29, 1.82) is 0 Å². The zero-order valence-corrected chi connectivity index (χ0v) is 17.0. The van der Waals surface area contributed by atoms with E-state index in [-0.39, 0.29) is 29.1 Å². The minimum absolute atomic E-state index is 0.0177. The van der Waals surface area contributed by atoms with Gasteiger partial charge in [0.15, 0.2) is 0 Å². The fourth-order valence-electron chi connectivity index (χ4n) is 3.14. The Labute approximate surface area is 176 Å². The number of rotatable bonds is 6. The zero-order chi connectivity index (χ0) is 22.8. The molecule has 0 radical (unpaired) electrons. The Balaban J connectivity index is 2.16. The fraction of sp³-hybridized carbons (Fsp3) is 0.227. The standard InChI is InChI=1S/C22H21F3N4O2/c1-28(2)10-11-29-13-18(20(26)30)27-19(21(29)31)15-7-5-6-14(12-15)16-8-3-4-9-17(16)22(23,24)25/h3-9,12-13H,10-11H2,1-2H3,(H2,26,30). The summed E-state index contributed by atoms with van der Waals surface area (Å²) in [7, 11) is 3.67. The topological polar surface area (TPSA) is 81.2 Å². The first-order valence-electron chi connectivity index (χ1n) is 9.41. The molecule has 6 nitrogen and oxygen atoms in total. The lowest BCUT2D eigenvalue weighted by Gasteiger charge is -2.15. The molecular formula is C22H21F3N4O2. The molecular weight excluding hydrogens is 409 g/mol. The summed E-state index contributed by atoms with van der Waals surface area (Å²) in [6.45, 7) is 0.818. The molecule has 0 aliphatic rings. The molecule has 0 fully saturated rings. The number of carbonyl (C=O) groups excluding carboxylic acids is 1. The normalized spacial score (nSPS) is 11.7. The smallest absolute Gasteiger partial charge is 0.364 e. The van der Waals surface area contributed by atoms with E-state index in [4.69, 9.17) is 5.73 Å². The maximum Gasteiger partial charge on any atom is 0.417 e. The van der Waals surface area contributed by atoms with Gasteiger partial charge >= 0.3 is 6.18 Å². The van der Waals surface area contributed by atoms with Gasteiger partial charge in [0, 0.05) is 24.8 Å². The van der Waals surface area contributed by atoms with Crippen molar-refractivity contribution in [3.05, 3.63) is 76.3 Å². The molecule has 9 heteroatoms. The molecule has 0 bridgehead atoms. The first kappa shape index (κ1) is 22.2. The minimum atomic E-state index is -4.53. The van der Waals surface area contributed by atoms with E-state index in [1.165, 1.54) is 41.1 Å². The van der Waals surface area contributed by atoms with E-state index >= 15 is 0 Å². The molecule has 0 saturated carbocycles. The number of carbonyl (C=O) groups is 1. The molecule has 162 valence electrons. The summed E-state index contributed by atoms with van der Waals surface area (Å²) in [5.41, 5.74) is 4.52. The predicted molar refractivity (Wildman–Crippen MR) is 111 cm³/mol. The largest absolute Gasteiger partial charge is 0.417 e. The van der Waals surface area contributed by atoms with E-state index in [1.807, 2.05) is 19.0 Å². The monoisotopic (exact) mass is 430 g/mol. The molecule has 2 aromatic carbocycles. The van der Waals surface area contributed by atoms with Crippen LogP contribution in [0.4, 0.5) is 13.2 Å². The summed E-state index contributed by atoms with van der Waals surface area (Å²) >= 11 is 0. The summed E-state index contributed by atoms with van der Waals surface area (Å²) < 4.78 is 41.7. The zero-order valence-electron chi connectivity index (χ0n) is 17.0. The summed E-state index contributed by atoms with van der Waals surface area (Å²) in [4.78, 5) is 30.7. The van der Waals surface area contributed by atoms with Crippen molar-refractivity contribution < 1.29 is 18.0 Å². The quantitative estimate of drug-likeness (QED) is 0.651. The van der Waals surface area contributed by atoms with Crippen LogP contribution in [-0.4, -0.2) is 41.0 Å². The van der Waals surface area contributed by atoms with Crippen molar-refractivity contribution in [1.82, 2.24) is 14.5 Å². The van der Waals surface area contributed by atoms with Crippen molar-refractivity contribution >= 4 is 5.91 Å². The Morgan fingerprint density at radius 3 is 2.42 bits per heavy atom. The fourth-order valence-corrected chi connectivity index (χ4v) is 3.14. The number of amides is 1. The van der Waals surface area contributed by atoms with E-state index in [0.29, 0.717) is 12.1 Å². The van der Waals surface area contributed by atoms with Crippen LogP contribution in [-0.2, 0) is 12.7 Å². The second kappa shape index (κ2) is 8.73. The molecule has 1 amide bonds. The molecule has 0 saturated heterocycles. The molecule has 0 spiro atoms. The van der Waals surface area contributed by atoms with Gasteiger partial charge in [0.2, 0.25) is 0 Å². The number of likely N-dealkylation sites (N-methyl/N-ethyl adjacent to an activating group) is 1. The molecule has 0 aliphatic carbocycles. The lowest BCUT2D eigenvalue weighted by Crippen LogP contribution is -2.30. The van der Waals surface area contributed by atoms with Crippen LogP contribution >= 0.6 is 0 Å². The van der Waals surface area contributed by atoms with Gasteiger partial charge in [0.25, 0.3) is 11.5 Å². The Hall–Kier alpha value is -3.46. The second-order valence-electron chi connectivity index (χ2n) is 7.26. The summed E-state index contributed by atoms with van der Waals surface area (Å²) in [5, 5.41) is 0.